The zero-order valence-electron chi connectivity index (χ0n) is 11.7. The molecule has 0 spiro atoms. The Morgan fingerprint density at radius 1 is 1.33 bits per heavy atom. The van der Waals surface area contributed by atoms with Crippen LogP contribution in [0.2, 0.25) is 0 Å². The molecular formula is C14H17BrFN3O2. The van der Waals surface area contributed by atoms with E-state index in [0.29, 0.717) is 17.6 Å². The molecule has 7 heteroatoms. The second kappa shape index (κ2) is 7.00. The number of amides is 2. The van der Waals surface area contributed by atoms with Gasteiger partial charge < -0.3 is 15.1 Å². The number of likely N-dealkylation sites (N-methyl/N-ethyl adjacent to an activating group) is 1. The fourth-order valence-electron chi connectivity index (χ4n) is 2.19. The topological polar surface area (TPSA) is 52.7 Å². The fourth-order valence-corrected chi connectivity index (χ4v) is 2.65. The molecule has 1 fully saturated rings. The first-order chi connectivity index (χ1) is 9.97. The normalized spacial score (nSPS) is 14.9. The van der Waals surface area contributed by atoms with Gasteiger partial charge in [-0.2, -0.15) is 0 Å². The molecule has 114 valence electrons. The molecule has 1 aromatic rings. The maximum Gasteiger partial charge on any atom is 0.254 e. The maximum atomic E-state index is 13.3. The van der Waals surface area contributed by atoms with Gasteiger partial charge >= 0.3 is 0 Å². The van der Waals surface area contributed by atoms with Crippen molar-refractivity contribution in [3.63, 3.8) is 0 Å². The summed E-state index contributed by atoms with van der Waals surface area (Å²) >= 11 is 3.15. The second-order valence-electron chi connectivity index (χ2n) is 4.95. The maximum absolute atomic E-state index is 13.3. The van der Waals surface area contributed by atoms with Gasteiger partial charge in [-0.25, -0.2) is 4.39 Å². The van der Waals surface area contributed by atoms with Crippen molar-refractivity contribution in [2.24, 2.45) is 0 Å². The highest BCUT2D eigenvalue weighted by Gasteiger charge is 2.21. The van der Waals surface area contributed by atoms with E-state index in [1.54, 1.807) is 11.9 Å². The summed E-state index contributed by atoms with van der Waals surface area (Å²) in [7, 11) is 1.54. The van der Waals surface area contributed by atoms with Gasteiger partial charge in [-0.15, -0.1) is 0 Å². The Balaban J connectivity index is 2.00. The molecule has 1 N–H and O–H groups in total. The lowest BCUT2D eigenvalue weighted by atomic mass is 10.2. The van der Waals surface area contributed by atoms with E-state index in [9.17, 15) is 14.0 Å². The first-order valence-electron chi connectivity index (χ1n) is 6.67. The molecule has 0 radical (unpaired) electrons. The Morgan fingerprint density at radius 3 is 2.62 bits per heavy atom. The van der Waals surface area contributed by atoms with Gasteiger partial charge in [-0.1, -0.05) is 15.9 Å². The third kappa shape index (κ3) is 4.25. The predicted octanol–water partition coefficient (Wildman–Crippen LogP) is 1.09. The molecule has 0 unspecified atom stereocenters. The van der Waals surface area contributed by atoms with Crippen LogP contribution in [0.3, 0.4) is 0 Å². The highest BCUT2D eigenvalue weighted by Crippen LogP contribution is 2.16. The van der Waals surface area contributed by atoms with E-state index in [-0.39, 0.29) is 23.9 Å². The van der Waals surface area contributed by atoms with Crippen molar-refractivity contribution in [3.05, 3.63) is 34.1 Å². The zero-order valence-corrected chi connectivity index (χ0v) is 13.3. The van der Waals surface area contributed by atoms with Crippen LogP contribution in [-0.4, -0.2) is 61.4 Å². The van der Waals surface area contributed by atoms with Crippen LogP contribution in [0.4, 0.5) is 4.39 Å². The van der Waals surface area contributed by atoms with Crippen LogP contribution in [0, 0.1) is 5.82 Å². The van der Waals surface area contributed by atoms with Crippen LogP contribution in [0.15, 0.2) is 22.7 Å². The van der Waals surface area contributed by atoms with Gasteiger partial charge in [0, 0.05) is 43.3 Å². The summed E-state index contributed by atoms with van der Waals surface area (Å²) in [6.07, 6.45) is 0. The summed E-state index contributed by atoms with van der Waals surface area (Å²) in [6.45, 7) is 2.81. The number of hydrogen-bond donors (Lipinski definition) is 1. The van der Waals surface area contributed by atoms with Gasteiger partial charge in [0.05, 0.1) is 6.54 Å². The molecule has 0 atom stereocenters. The molecule has 1 aliphatic rings. The Morgan fingerprint density at radius 2 is 2.00 bits per heavy atom. The zero-order chi connectivity index (χ0) is 15.4. The monoisotopic (exact) mass is 357 g/mol. The first kappa shape index (κ1) is 15.9. The van der Waals surface area contributed by atoms with Gasteiger partial charge in [0.25, 0.3) is 5.91 Å². The van der Waals surface area contributed by atoms with Crippen LogP contribution in [0.5, 0.6) is 0 Å². The SMILES string of the molecule is CN(CC(=O)N1CCNCC1)C(=O)c1cc(F)cc(Br)c1. The first-order valence-corrected chi connectivity index (χ1v) is 7.47. The molecule has 1 saturated heterocycles. The van der Waals surface area contributed by atoms with Gasteiger partial charge in [-0.05, 0) is 18.2 Å². The van der Waals surface area contributed by atoms with Gasteiger partial charge in [0.1, 0.15) is 5.82 Å². The molecule has 0 aliphatic carbocycles. The molecule has 0 saturated carbocycles. The second-order valence-corrected chi connectivity index (χ2v) is 5.87. The Labute approximate surface area is 131 Å². The summed E-state index contributed by atoms with van der Waals surface area (Å²) in [4.78, 5) is 27.4. The van der Waals surface area contributed by atoms with Crippen LogP contribution in [-0.2, 0) is 4.79 Å². The molecule has 21 heavy (non-hydrogen) atoms. The molecule has 2 rings (SSSR count). The minimum atomic E-state index is -0.491. The number of halogens is 2. The number of carbonyl (C=O) groups excluding carboxylic acids is 2. The number of hydrogen-bond acceptors (Lipinski definition) is 3. The highest BCUT2D eigenvalue weighted by atomic mass is 79.9. The molecule has 1 aliphatic heterocycles. The Bertz CT molecular complexity index is 527. The van der Waals surface area contributed by atoms with Gasteiger partial charge in [-0.3, -0.25) is 9.59 Å². The van der Waals surface area contributed by atoms with Crippen molar-refractivity contribution in [2.45, 2.75) is 0 Å². The summed E-state index contributed by atoms with van der Waals surface area (Å²) in [5, 5.41) is 3.16. The van der Waals surface area contributed by atoms with Crippen LogP contribution in [0.25, 0.3) is 0 Å². The Hall–Kier alpha value is -1.47. The minimum Gasteiger partial charge on any atom is -0.339 e. The smallest absolute Gasteiger partial charge is 0.254 e. The quantitative estimate of drug-likeness (QED) is 0.880. The van der Waals surface area contributed by atoms with E-state index in [0.717, 1.165) is 13.1 Å². The summed E-state index contributed by atoms with van der Waals surface area (Å²) in [5.41, 5.74) is 0.220. The molecular weight excluding hydrogens is 341 g/mol. The van der Waals surface area contributed by atoms with Crippen molar-refractivity contribution in [1.29, 1.82) is 0 Å². The standard InChI is InChI=1S/C14H17BrFN3O2/c1-18(9-13(20)19-4-2-17-3-5-19)14(21)10-6-11(15)8-12(16)7-10/h6-8,17H,2-5,9H2,1H3. The summed E-state index contributed by atoms with van der Waals surface area (Å²) in [5.74, 6) is -0.962. The number of nitrogens with zero attached hydrogens (tertiary/aromatic N) is 2. The molecule has 1 heterocycles. The lowest BCUT2D eigenvalue weighted by Gasteiger charge is -2.29. The number of carbonyl (C=O) groups is 2. The molecule has 0 bridgehead atoms. The highest BCUT2D eigenvalue weighted by molar-refractivity contribution is 9.10. The molecule has 0 aromatic heterocycles. The number of nitrogens with one attached hydrogen (secondary N) is 1. The molecule has 1 aromatic carbocycles. The van der Waals surface area contributed by atoms with Crippen molar-refractivity contribution in [3.8, 4) is 0 Å². The van der Waals surface area contributed by atoms with Crippen LogP contribution in [0.1, 0.15) is 10.4 Å². The average molecular weight is 358 g/mol. The summed E-state index contributed by atoms with van der Waals surface area (Å²) < 4.78 is 13.8. The Kier molecular flexibility index (Phi) is 5.30. The predicted molar refractivity (Wildman–Crippen MR) is 80.5 cm³/mol. The van der Waals surface area contributed by atoms with E-state index in [4.69, 9.17) is 0 Å². The number of piperazine rings is 1. The van der Waals surface area contributed by atoms with E-state index >= 15 is 0 Å². The fraction of sp³-hybridized carbons (Fsp3) is 0.429. The lowest BCUT2D eigenvalue weighted by Crippen LogP contribution is -2.49. The number of benzene rings is 1. The van der Waals surface area contributed by atoms with Crippen molar-refractivity contribution < 1.29 is 14.0 Å². The molecule has 2 amide bonds. The van der Waals surface area contributed by atoms with E-state index < -0.39 is 5.82 Å². The largest absolute Gasteiger partial charge is 0.339 e. The minimum absolute atomic E-state index is 0.00698. The van der Waals surface area contributed by atoms with E-state index in [1.807, 2.05) is 0 Å². The van der Waals surface area contributed by atoms with Crippen molar-refractivity contribution in [1.82, 2.24) is 15.1 Å². The lowest BCUT2D eigenvalue weighted by molar-refractivity contribution is -0.132. The number of rotatable bonds is 3. The van der Waals surface area contributed by atoms with Crippen LogP contribution < -0.4 is 5.32 Å². The molecule has 5 nitrogen and oxygen atoms in total. The van der Waals surface area contributed by atoms with Crippen LogP contribution >= 0.6 is 15.9 Å². The van der Waals surface area contributed by atoms with Gasteiger partial charge in [0.2, 0.25) is 5.91 Å². The van der Waals surface area contributed by atoms with Gasteiger partial charge in [0.15, 0.2) is 0 Å². The van der Waals surface area contributed by atoms with E-state index in [1.165, 1.54) is 23.1 Å². The van der Waals surface area contributed by atoms with Crippen molar-refractivity contribution >= 4 is 27.7 Å². The van der Waals surface area contributed by atoms with Crippen molar-refractivity contribution in [2.75, 3.05) is 39.8 Å². The third-order valence-electron chi connectivity index (χ3n) is 3.30. The third-order valence-corrected chi connectivity index (χ3v) is 3.76. The summed E-state index contributed by atoms with van der Waals surface area (Å²) in [6, 6.07) is 3.98. The average Bonchev–Trinajstić information content (AvgIpc) is 2.46. The van der Waals surface area contributed by atoms with E-state index in [2.05, 4.69) is 21.2 Å².